The van der Waals surface area contributed by atoms with Crippen LogP contribution < -0.4 is 30.1 Å². The van der Waals surface area contributed by atoms with E-state index in [0.29, 0.717) is 54.7 Å². The van der Waals surface area contributed by atoms with E-state index in [1.807, 2.05) is 43.7 Å². The number of fused-ring (bicyclic) bond motifs is 1. The summed E-state index contributed by atoms with van der Waals surface area (Å²) in [4.78, 5) is 48.6. The zero-order valence-corrected chi connectivity index (χ0v) is 27.3. The van der Waals surface area contributed by atoms with Crippen molar-refractivity contribution >= 4 is 55.9 Å². The number of rotatable bonds is 8. The SMILES string of the molecule is COc1cc(N2CCN(c3nc4c([C@@H](C)Nc5ccc(Cl)nc5C(=O)NS(C)(=O)=O)cc(C)cc4c(=O)n3C)CC2)nc(C)n1. The Kier molecular flexibility index (Phi) is 8.85. The van der Waals surface area contributed by atoms with E-state index in [4.69, 9.17) is 21.3 Å². The highest BCUT2D eigenvalue weighted by Crippen LogP contribution is 2.29. The number of hydrogen-bond acceptors (Lipinski definition) is 12. The lowest BCUT2D eigenvalue weighted by atomic mass is 10.0. The number of sulfonamides is 1. The number of amides is 1. The largest absolute Gasteiger partial charge is 0.481 e. The molecule has 1 saturated heterocycles. The molecule has 4 heterocycles. The van der Waals surface area contributed by atoms with Gasteiger partial charge in [0.15, 0.2) is 5.69 Å². The fraction of sp³-hybridized carbons (Fsp3) is 0.379. The molecule has 2 N–H and O–H groups in total. The van der Waals surface area contributed by atoms with E-state index in [0.717, 1.165) is 23.2 Å². The van der Waals surface area contributed by atoms with Gasteiger partial charge in [-0.3, -0.25) is 14.2 Å². The Bertz CT molecular complexity index is 1960. The van der Waals surface area contributed by atoms with Crippen molar-refractivity contribution < 1.29 is 17.9 Å². The molecule has 45 heavy (non-hydrogen) atoms. The maximum atomic E-state index is 13.7. The number of halogens is 1. The summed E-state index contributed by atoms with van der Waals surface area (Å²) >= 11 is 6.04. The lowest BCUT2D eigenvalue weighted by Gasteiger charge is -2.36. The molecular formula is C29H34ClN9O5S. The van der Waals surface area contributed by atoms with Crippen molar-refractivity contribution in [3.63, 3.8) is 0 Å². The van der Waals surface area contributed by atoms with E-state index in [-0.39, 0.29) is 22.1 Å². The van der Waals surface area contributed by atoms with Crippen LogP contribution in [0.15, 0.2) is 35.1 Å². The number of hydrogen-bond donors (Lipinski definition) is 2. The summed E-state index contributed by atoms with van der Waals surface area (Å²) in [6, 6.07) is 8.11. The third-order valence-electron chi connectivity index (χ3n) is 7.42. The molecule has 5 rings (SSSR count). The van der Waals surface area contributed by atoms with E-state index >= 15 is 0 Å². The summed E-state index contributed by atoms with van der Waals surface area (Å²) in [6.45, 7) is 8.06. The Balaban J connectivity index is 1.47. The number of carbonyl (C=O) groups is 1. The highest BCUT2D eigenvalue weighted by molar-refractivity contribution is 7.89. The quantitative estimate of drug-likeness (QED) is 0.267. The molecule has 0 spiro atoms. The second kappa shape index (κ2) is 12.5. The molecule has 238 valence electrons. The Morgan fingerprint density at radius 2 is 1.71 bits per heavy atom. The van der Waals surface area contributed by atoms with Crippen LogP contribution in [0.1, 0.15) is 40.4 Å². The van der Waals surface area contributed by atoms with Crippen LogP contribution in [0.25, 0.3) is 10.9 Å². The summed E-state index contributed by atoms with van der Waals surface area (Å²) < 4.78 is 32.2. The first-order valence-corrected chi connectivity index (χ1v) is 16.4. The molecular weight excluding hydrogens is 622 g/mol. The van der Waals surface area contributed by atoms with Gasteiger partial charge in [-0.2, -0.15) is 4.98 Å². The van der Waals surface area contributed by atoms with Crippen molar-refractivity contribution in [1.82, 2.24) is 29.2 Å². The average Bonchev–Trinajstić information content (AvgIpc) is 2.98. The van der Waals surface area contributed by atoms with Crippen LogP contribution in [0.4, 0.5) is 17.5 Å². The molecule has 1 atom stereocenters. The van der Waals surface area contributed by atoms with Gasteiger partial charge in [0.1, 0.15) is 16.8 Å². The molecule has 3 aromatic heterocycles. The Labute approximate surface area is 265 Å². The summed E-state index contributed by atoms with van der Waals surface area (Å²) in [5.41, 5.74) is 1.98. The third-order valence-corrected chi connectivity index (χ3v) is 8.19. The normalized spacial score (nSPS) is 14.4. The van der Waals surface area contributed by atoms with Crippen LogP contribution in [0.3, 0.4) is 0 Å². The van der Waals surface area contributed by atoms with Crippen molar-refractivity contribution in [3.05, 3.63) is 68.5 Å². The van der Waals surface area contributed by atoms with E-state index in [1.165, 1.54) is 6.07 Å². The number of aromatic nitrogens is 5. The van der Waals surface area contributed by atoms with Gasteiger partial charge in [0.2, 0.25) is 21.9 Å². The van der Waals surface area contributed by atoms with Gasteiger partial charge in [0, 0.05) is 44.9 Å². The second-order valence-corrected chi connectivity index (χ2v) is 13.1. The van der Waals surface area contributed by atoms with Crippen molar-refractivity contribution in [1.29, 1.82) is 0 Å². The summed E-state index contributed by atoms with van der Waals surface area (Å²) in [6.07, 6.45) is 0.877. The van der Waals surface area contributed by atoms with Crippen molar-refractivity contribution in [2.24, 2.45) is 7.05 Å². The van der Waals surface area contributed by atoms with Gasteiger partial charge < -0.3 is 19.9 Å². The smallest absolute Gasteiger partial charge is 0.285 e. The fourth-order valence-corrected chi connectivity index (χ4v) is 5.91. The molecule has 0 bridgehead atoms. The summed E-state index contributed by atoms with van der Waals surface area (Å²) in [7, 11) is -0.557. The van der Waals surface area contributed by atoms with Crippen molar-refractivity contribution in [2.75, 3.05) is 54.7 Å². The molecule has 16 heteroatoms. The third kappa shape index (κ3) is 6.93. The molecule has 0 saturated carbocycles. The summed E-state index contributed by atoms with van der Waals surface area (Å²) in [5.74, 6) is 1.50. The number of pyridine rings is 1. The molecule has 1 fully saturated rings. The Morgan fingerprint density at radius 1 is 1.02 bits per heavy atom. The lowest BCUT2D eigenvalue weighted by molar-refractivity contribution is 0.0977. The van der Waals surface area contributed by atoms with Crippen molar-refractivity contribution in [3.8, 4) is 5.88 Å². The number of anilines is 3. The van der Waals surface area contributed by atoms with Gasteiger partial charge in [-0.25, -0.2) is 28.1 Å². The molecule has 14 nitrogen and oxygen atoms in total. The molecule has 0 radical (unpaired) electrons. The zero-order chi connectivity index (χ0) is 32.6. The number of carbonyl (C=O) groups excluding carboxylic acids is 1. The van der Waals surface area contributed by atoms with E-state index in [2.05, 4.69) is 30.1 Å². The van der Waals surface area contributed by atoms with Gasteiger partial charge in [0.05, 0.1) is 36.0 Å². The second-order valence-electron chi connectivity index (χ2n) is 10.9. The number of aryl methyl sites for hydroxylation is 2. The molecule has 1 aromatic carbocycles. The molecule has 4 aromatic rings. The number of nitrogens with zero attached hydrogens (tertiary/aromatic N) is 7. The number of benzene rings is 1. The fourth-order valence-electron chi connectivity index (χ4n) is 5.33. The summed E-state index contributed by atoms with van der Waals surface area (Å²) in [5, 5.41) is 3.72. The monoisotopic (exact) mass is 655 g/mol. The first-order valence-electron chi connectivity index (χ1n) is 14.1. The Hall–Kier alpha value is -4.50. The minimum atomic E-state index is -3.84. The van der Waals surface area contributed by atoms with Crippen LogP contribution >= 0.6 is 11.6 Å². The predicted molar refractivity (Wildman–Crippen MR) is 173 cm³/mol. The maximum Gasteiger partial charge on any atom is 0.285 e. The van der Waals surface area contributed by atoms with Crippen LogP contribution in [-0.2, 0) is 17.1 Å². The highest BCUT2D eigenvalue weighted by Gasteiger charge is 2.25. The molecule has 1 aliphatic rings. The standard InChI is InChI=1S/C29H34ClN9O5S/c1-16-13-19(17(2)31-21-7-8-22(30)34-26(21)27(40)36-45(6,42)43)25-20(14-16)28(41)37(4)29(35-25)39-11-9-38(10-12-39)23-15-24(44-5)33-18(3)32-23/h7-8,13-15,17,31H,9-12H2,1-6H3,(H,36,40)/t17-/m1/s1. The predicted octanol–water partition coefficient (Wildman–Crippen LogP) is 2.59. The molecule has 0 unspecified atom stereocenters. The molecule has 0 aliphatic carbocycles. The first-order chi connectivity index (χ1) is 21.2. The van der Waals surface area contributed by atoms with Crippen molar-refractivity contribution in [2.45, 2.75) is 26.8 Å². The van der Waals surface area contributed by atoms with Gasteiger partial charge in [-0.05, 0) is 44.5 Å². The van der Waals surface area contributed by atoms with Crippen LogP contribution in [0.5, 0.6) is 5.88 Å². The van der Waals surface area contributed by atoms with Gasteiger partial charge in [-0.1, -0.05) is 17.7 Å². The number of nitrogens with one attached hydrogen (secondary N) is 2. The van der Waals surface area contributed by atoms with Gasteiger partial charge >= 0.3 is 0 Å². The van der Waals surface area contributed by atoms with E-state index < -0.39 is 22.0 Å². The topological polar surface area (TPSA) is 165 Å². The van der Waals surface area contributed by atoms with E-state index in [1.54, 1.807) is 24.8 Å². The first kappa shape index (κ1) is 31.9. The van der Waals surface area contributed by atoms with Crippen LogP contribution in [0.2, 0.25) is 5.15 Å². The molecule has 1 aliphatic heterocycles. The lowest BCUT2D eigenvalue weighted by Crippen LogP contribution is -2.48. The van der Waals surface area contributed by atoms with Crippen LogP contribution in [-0.4, -0.2) is 78.4 Å². The van der Waals surface area contributed by atoms with Crippen LogP contribution in [0, 0.1) is 13.8 Å². The molecule has 1 amide bonds. The maximum absolute atomic E-state index is 13.7. The van der Waals surface area contributed by atoms with Gasteiger partial charge in [-0.15, -0.1) is 0 Å². The minimum Gasteiger partial charge on any atom is -0.481 e. The van der Waals surface area contributed by atoms with E-state index in [9.17, 15) is 18.0 Å². The highest BCUT2D eigenvalue weighted by atomic mass is 35.5. The number of piperazine rings is 1. The number of methoxy groups -OCH3 is 1. The van der Waals surface area contributed by atoms with Gasteiger partial charge in [0.25, 0.3) is 11.5 Å². The average molecular weight is 656 g/mol. The minimum absolute atomic E-state index is 0.0248. The Morgan fingerprint density at radius 3 is 2.38 bits per heavy atom. The number of ether oxygens (including phenoxy) is 1. The zero-order valence-electron chi connectivity index (χ0n) is 25.8.